The second-order valence-corrected chi connectivity index (χ2v) is 6.27. The van der Waals surface area contributed by atoms with Crippen LogP contribution in [0.4, 0.5) is 0 Å². The molecule has 0 aliphatic heterocycles. The molecule has 0 spiro atoms. The van der Waals surface area contributed by atoms with Crippen LogP contribution in [-0.2, 0) is 6.42 Å². The highest BCUT2D eigenvalue weighted by Gasteiger charge is 2.10. The van der Waals surface area contributed by atoms with E-state index in [1.807, 2.05) is 0 Å². The van der Waals surface area contributed by atoms with Gasteiger partial charge < -0.3 is 0 Å². The van der Waals surface area contributed by atoms with E-state index in [-0.39, 0.29) is 6.04 Å². The number of halogens is 2. The summed E-state index contributed by atoms with van der Waals surface area (Å²) < 4.78 is 2.32. The molecule has 0 saturated carbocycles. The molecule has 0 aromatic heterocycles. The molecular weight excluding hydrogens is 403 g/mol. The molecule has 2 rings (SSSR count). The van der Waals surface area contributed by atoms with E-state index in [4.69, 9.17) is 5.84 Å². The number of benzene rings is 2. The van der Waals surface area contributed by atoms with Crippen LogP contribution in [0.5, 0.6) is 0 Å². The Kier molecular flexibility index (Phi) is 5.17. The van der Waals surface area contributed by atoms with Crippen molar-refractivity contribution in [2.45, 2.75) is 12.5 Å². The maximum Gasteiger partial charge on any atom is 0.0500 e. The van der Waals surface area contributed by atoms with E-state index in [0.29, 0.717) is 0 Å². The molecule has 0 amide bonds. The average Bonchev–Trinajstić information content (AvgIpc) is 2.38. The molecular formula is C14H14BrIN2. The molecule has 3 N–H and O–H groups in total. The first-order valence-corrected chi connectivity index (χ1v) is 7.52. The fourth-order valence-corrected chi connectivity index (χ4v) is 2.68. The van der Waals surface area contributed by atoms with Gasteiger partial charge in [-0.15, -0.1) is 0 Å². The van der Waals surface area contributed by atoms with Crippen molar-refractivity contribution in [2.75, 3.05) is 0 Å². The molecule has 2 aromatic carbocycles. The Morgan fingerprint density at radius 3 is 2.50 bits per heavy atom. The molecule has 0 fully saturated rings. The highest BCUT2D eigenvalue weighted by Crippen LogP contribution is 2.20. The quantitative estimate of drug-likeness (QED) is 0.452. The fourth-order valence-electron chi connectivity index (χ4n) is 1.85. The zero-order valence-corrected chi connectivity index (χ0v) is 13.5. The molecule has 18 heavy (non-hydrogen) atoms. The van der Waals surface area contributed by atoms with Gasteiger partial charge in [-0.3, -0.25) is 11.3 Å². The minimum absolute atomic E-state index is 0.140. The molecule has 94 valence electrons. The third kappa shape index (κ3) is 3.78. The third-order valence-corrected chi connectivity index (χ3v) is 4.00. The largest absolute Gasteiger partial charge is 0.271 e. The summed E-state index contributed by atoms with van der Waals surface area (Å²) in [6.07, 6.45) is 0.879. The number of hydrogen-bond donors (Lipinski definition) is 2. The molecule has 0 radical (unpaired) electrons. The second-order valence-electron chi connectivity index (χ2n) is 4.10. The smallest absolute Gasteiger partial charge is 0.0500 e. The SMILES string of the molecule is NNC(Cc1ccc(Br)cc1)c1cccc(I)c1. The molecule has 2 nitrogen and oxygen atoms in total. The van der Waals surface area contributed by atoms with Crippen molar-refractivity contribution in [1.29, 1.82) is 0 Å². The first-order chi connectivity index (χ1) is 8.69. The molecule has 1 unspecified atom stereocenters. The van der Waals surface area contributed by atoms with Gasteiger partial charge in [0.2, 0.25) is 0 Å². The van der Waals surface area contributed by atoms with Gasteiger partial charge in [0.25, 0.3) is 0 Å². The number of nitrogens with one attached hydrogen (secondary N) is 1. The monoisotopic (exact) mass is 416 g/mol. The zero-order chi connectivity index (χ0) is 13.0. The van der Waals surface area contributed by atoms with E-state index in [1.54, 1.807) is 0 Å². The van der Waals surface area contributed by atoms with E-state index in [2.05, 4.69) is 92.5 Å². The topological polar surface area (TPSA) is 38.0 Å². The molecule has 0 bridgehead atoms. The lowest BCUT2D eigenvalue weighted by Crippen LogP contribution is -2.29. The number of hydrogen-bond acceptors (Lipinski definition) is 2. The van der Waals surface area contributed by atoms with Crippen LogP contribution in [0.3, 0.4) is 0 Å². The second kappa shape index (κ2) is 6.65. The molecule has 0 aliphatic rings. The Labute approximate surface area is 129 Å². The van der Waals surface area contributed by atoms with Gasteiger partial charge in [0.15, 0.2) is 0 Å². The van der Waals surface area contributed by atoms with Crippen LogP contribution < -0.4 is 11.3 Å². The van der Waals surface area contributed by atoms with Crippen molar-refractivity contribution in [1.82, 2.24) is 5.43 Å². The van der Waals surface area contributed by atoms with Crippen molar-refractivity contribution in [3.05, 3.63) is 67.7 Å². The van der Waals surface area contributed by atoms with Gasteiger partial charge in [0.1, 0.15) is 0 Å². The first kappa shape index (κ1) is 14.0. The Hall–Kier alpha value is -0.430. The van der Waals surface area contributed by atoms with Crippen LogP contribution in [0, 0.1) is 3.57 Å². The van der Waals surface area contributed by atoms with E-state index in [1.165, 1.54) is 14.7 Å². The van der Waals surface area contributed by atoms with Crippen molar-refractivity contribution in [3.63, 3.8) is 0 Å². The van der Waals surface area contributed by atoms with Crippen LogP contribution in [0.2, 0.25) is 0 Å². The summed E-state index contributed by atoms with van der Waals surface area (Å²) in [6.45, 7) is 0. The van der Waals surface area contributed by atoms with Gasteiger partial charge >= 0.3 is 0 Å². The lowest BCUT2D eigenvalue weighted by Gasteiger charge is -2.16. The fraction of sp³-hybridized carbons (Fsp3) is 0.143. The number of rotatable bonds is 4. The lowest BCUT2D eigenvalue weighted by molar-refractivity contribution is 0.551. The highest BCUT2D eigenvalue weighted by atomic mass is 127. The van der Waals surface area contributed by atoms with Gasteiger partial charge in [-0.05, 0) is 64.4 Å². The van der Waals surface area contributed by atoms with E-state index >= 15 is 0 Å². The van der Waals surface area contributed by atoms with E-state index in [0.717, 1.165) is 10.9 Å². The third-order valence-electron chi connectivity index (χ3n) is 2.81. The van der Waals surface area contributed by atoms with Crippen LogP contribution in [0.25, 0.3) is 0 Å². The van der Waals surface area contributed by atoms with Crippen molar-refractivity contribution in [2.24, 2.45) is 5.84 Å². The Balaban J connectivity index is 2.17. The number of nitrogens with two attached hydrogens (primary N) is 1. The highest BCUT2D eigenvalue weighted by molar-refractivity contribution is 14.1. The molecule has 0 aliphatic carbocycles. The Morgan fingerprint density at radius 1 is 1.17 bits per heavy atom. The molecule has 1 atom stereocenters. The van der Waals surface area contributed by atoms with Gasteiger partial charge in [-0.25, -0.2) is 0 Å². The van der Waals surface area contributed by atoms with Gasteiger partial charge in [0, 0.05) is 8.04 Å². The van der Waals surface area contributed by atoms with E-state index in [9.17, 15) is 0 Å². The van der Waals surface area contributed by atoms with Gasteiger partial charge in [-0.1, -0.05) is 40.2 Å². The summed E-state index contributed by atoms with van der Waals surface area (Å²) in [5.74, 6) is 5.67. The minimum atomic E-state index is 0.140. The Morgan fingerprint density at radius 2 is 1.89 bits per heavy atom. The lowest BCUT2D eigenvalue weighted by atomic mass is 10.00. The first-order valence-electron chi connectivity index (χ1n) is 5.65. The maximum atomic E-state index is 5.67. The Bertz CT molecular complexity index is 513. The normalized spacial score (nSPS) is 12.4. The standard InChI is InChI=1S/C14H14BrIN2/c15-12-6-4-10(5-7-12)8-14(18-17)11-2-1-3-13(16)9-11/h1-7,9,14,18H,8,17H2. The summed E-state index contributed by atoms with van der Waals surface area (Å²) in [5.41, 5.74) is 5.37. The maximum absolute atomic E-state index is 5.67. The van der Waals surface area contributed by atoms with Crippen LogP contribution in [0.1, 0.15) is 17.2 Å². The zero-order valence-electron chi connectivity index (χ0n) is 9.74. The predicted molar refractivity (Wildman–Crippen MR) is 87.1 cm³/mol. The summed E-state index contributed by atoms with van der Waals surface area (Å²) in [7, 11) is 0. The van der Waals surface area contributed by atoms with Crippen LogP contribution >= 0.6 is 38.5 Å². The van der Waals surface area contributed by atoms with Crippen molar-refractivity contribution >= 4 is 38.5 Å². The summed E-state index contributed by atoms with van der Waals surface area (Å²) in [5, 5.41) is 0. The summed E-state index contributed by atoms with van der Waals surface area (Å²) in [6, 6.07) is 16.9. The van der Waals surface area contributed by atoms with E-state index < -0.39 is 0 Å². The minimum Gasteiger partial charge on any atom is -0.271 e. The molecule has 0 heterocycles. The molecule has 0 saturated heterocycles. The average molecular weight is 417 g/mol. The number of hydrazine groups is 1. The molecule has 2 aromatic rings. The van der Waals surface area contributed by atoms with Crippen molar-refractivity contribution in [3.8, 4) is 0 Å². The molecule has 4 heteroatoms. The predicted octanol–water partition coefficient (Wildman–Crippen LogP) is 3.80. The van der Waals surface area contributed by atoms with Gasteiger partial charge in [-0.2, -0.15) is 0 Å². The van der Waals surface area contributed by atoms with Crippen molar-refractivity contribution < 1.29 is 0 Å². The van der Waals surface area contributed by atoms with Crippen LogP contribution in [-0.4, -0.2) is 0 Å². The summed E-state index contributed by atoms with van der Waals surface area (Å²) >= 11 is 5.76. The van der Waals surface area contributed by atoms with Gasteiger partial charge in [0.05, 0.1) is 6.04 Å². The van der Waals surface area contributed by atoms with Crippen LogP contribution in [0.15, 0.2) is 53.0 Å². The summed E-state index contributed by atoms with van der Waals surface area (Å²) in [4.78, 5) is 0.